The van der Waals surface area contributed by atoms with Gasteiger partial charge in [0.05, 0.1) is 5.25 Å². The van der Waals surface area contributed by atoms with Gasteiger partial charge in [0.1, 0.15) is 17.2 Å². The number of thioether (sulfide) groups is 2. The van der Waals surface area contributed by atoms with Crippen LogP contribution in [0.5, 0.6) is 0 Å². The second kappa shape index (κ2) is 5.36. The molecule has 5 nitrogen and oxygen atoms in total. The zero-order valence-corrected chi connectivity index (χ0v) is 11.8. The highest BCUT2D eigenvalue weighted by Gasteiger charge is 2.29. The summed E-state index contributed by atoms with van der Waals surface area (Å²) in [7, 11) is 0. The molecule has 0 aliphatic carbocycles. The van der Waals surface area contributed by atoms with Gasteiger partial charge in [0.2, 0.25) is 0 Å². The molecule has 1 saturated heterocycles. The molecule has 18 heavy (non-hydrogen) atoms. The number of hydrogen-bond donors (Lipinski definition) is 2. The monoisotopic (exact) mass is 285 g/mol. The predicted octanol–water partition coefficient (Wildman–Crippen LogP) is 2.06. The maximum Gasteiger partial charge on any atom is 0.341 e. The Morgan fingerprint density at radius 1 is 1.50 bits per heavy atom. The number of aromatic nitrogens is 2. The van der Waals surface area contributed by atoms with Crippen molar-refractivity contribution >= 4 is 35.3 Å². The van der Waals surface area contributed by atoms with Crippen LogP contribution < -0.4 is 5.73 Å². The third-order valence-electron chi connectivity index (χ3n) is 2.91. The summed E-state index contributed by atoms with van der Waals surface area (Å²) in [6, 6.07) is 0. The lowest BCUT2D eigenvalue weighted by Gasteiger charge is -2.30. The number of nitrogens with zero attached hydrogens (tertiary/aromatic N) is 2. The van der Waals surface area contributed by atoms with Crippen LogP contribution in [0.1, 0.15) is 35.3 Å². The molecular weight excluding hydrogens is 270 g/mol. The van der Waals surface area contributed by atoms with Crippen molar-refractivity contribution in [3.05, 3.63) is 17.6 Å². The summed E-state index contributed by atoms with van der Waals surface area (Å²) in [5.74, 6) is 0.520. The van der Waals surface area contributed by atoms with Gasteiger partial charge in [-0.05, 0) is 0 Å². The summed E-state index contributed by atoms with van der Waals surface area (Å²) in [4.78, 5) is 19.1. The third-order valence-corrected chi connectivity index (χ3v) is 6.29. The van der Waals surface area contributed by atoms with Gasteiger partial charge in [0, 0.05) is 22.4 Å². The van der Waals surface area contributed by atoms with Crippen LogP contribution in [-0.4, -0.2) is 37.3 Å². The van der Waals surface area contributed by atoms with E-state index in [1.807, 2.05) is 23.5 Å². The maximum absolute atomic E-state index is 10.8. The Kier molecular flexibility index (Phi) is 4.01. The van der Waals surface area contributed by atoms with Crippen LogP contribution in [0.15, 0.2) is 6.20 Å². The van der Waals surface area contributed by atoms with E-state index in [2.05, 4.69) is 23.8 Å². The quantitative estimate of drug-likeness (QED) is 0.859. The molecule has 3 N–H and O–H groups in total. The summed E-state index contributed by atoms with van der Waals surface area (Å²) in [5, 5.41) is 10.2. The Bertz CT molecular complexity index is 470. The Balaban J connectivity index is 2.19. The lowest BCUT2D eigenvalue weighted by atomic mass is 10.3. The Morgan fingerprint density at radius 2 is 2.22 bits per heavy atom. The van der Waals surface area contributed by atoms with Gasteiger partial charge in [0.15, 0.2) is 0 Å². The fourth-order valence-electron chi connectivity index (χ4n) is 1.65. The van der Waals surface area contributed by atoms with Crippen molar-refractivity contribution in [1.82, 2.24) is 9.97 Å². The molecular formula is C11H15N3O2S2. The standard InChI is InChI=1S/C11H15N3O2S2/c1-5-6(2)18-8(4-17-5)10-13-3-7(11(15)16)9(12)14-10/h3,5-6,8H,4H2,1-2H3,(H,15,16)(H2,12,13,14). The number of hydrogen-bond acceptors (Lipinski definition) is 6. The molecule has 1 aromatic rings. The van der Waals surface area contributed by atoms with Crippen LogP contribution in [0, 0.1) is 0 Å². The summed E-state index contributed by atoms with van der Waals surface area (Å²) < 4.78 is 0. The molecule has 0 bridgehead atoms. The minimum atomic E-state index is -1.09. The second-order valence-corrected chi connectivity index (χ2v) is 7.20. The first-order valence-corrected chi connectivity index (χ1v) is 7.61. The largest absolute Gasteiger partial charge is 0.477 e. The Hall–Kier alpha value is -0.950. The van der Waals surface area contributed by atoms with Crippen LogP contribution in [0.2, 0.25) is 0 Å². The number of carboxylic acid groups (broad SMARTS) is 1. The van der Waals surface area contributed by atoms with E-state index >= 15 is 0 Å². The van der Waals surface area contributed by atoms with E-state index in [0.717, 1.165) is 5.75 Å². The van der Waals surface area contributed by atoms with E-state index < -0.39 is 5.97 Å². The smallest absolute Gasteiger partial charge is 0.341 e. The second-order valence-electron chi connectivity index (χ2n) is 4.20. The van der Waals surface area contributed by atoms with Gasteiger partial charge in [-0.25, -0.2) is 14.8 Å². The molecule has 0 saturated carbocycles. The third kappa shape index (κ3) is 2.72. The molecule has 98 valence electrons. The highest BCUT2D eigenvalue weighted by molar-refractivity contribution is 8.07. The van der Waals surface area contributed by atoms with Gasteiger partial charge in [-0.2, -0.15) is 11.8 Å². The predicted molar refractivity (Wildman–Crippen MR) is 75.1 cm³/mol. The molecule has 1 aliphatic heterocycles. The van der Waals surface area contributed by atoms with Crippen LogP contribution in [0.3, 0.4) is 0 Å². The first-order valence-electron chi connectivity index (χ1n) is 5.61. The topological polar surface area (TPSA) is 89.1 Å². The number of nitrogen functional groups attached to an aromatic ring is 1. The fraction of sp³-hybridized carbons (Fsp3) is 0.545. The van der Waals surface area contributed by atoms with E-state index in [4.69, 9.17) is 10.8 Å². The fourth-order valence-corrected chi connectivity index (χ4v) is 4.50. The molecule has 1 aliphatic rings. The summed E-state index contributed by atoms with van der Waals surface area (Å²) in [5.41, 5.74) is 5.61. The van der Waals surface area contributed by atoms with Gasteiger partial charge in [-0.1, -0.05) is 13.8 Å². The molecule has 0 amide bonds. The van der Waals surface area contributed by atoms with Crippen LogP contribution in [0.25, 0.3) is 0 Å². The van der Waals surface area contributed by atoms with Crippen molar-refractivity contribution in [2.45, 2.75) is 29.6 Å². The zero-order valence-electron chi connectivity index (χ0n) is 10.2. The molecule has 0 spiro atoms. The first kappa shape index (κ1) is 13.5. The van der Waals surface area contributed by atoms with Crippen molar-refractivity contribution in [2.75, 3.05) is 11.5 Å². The molecule has 1 fully saturated rings. The summed E-state index contributed by atoms with van der Waals surface area (Å²) in [6.45, 7) is 4.39. The molecule has 0 radical (unpaired) electrons. The highest BCUT2D eigenvalue weighted by Crippen LogP contribution is 2.43. The molecule has 1 aromatic heterocycles. The normalized spacial score (nSPS) is 28.0. The molecule has 2 heterocycles. The first-order chi connectivity index (χ1) is 8.49. The Morgan fingerprint density at radius 3 is 2.78 bits per heavy atom. The van der Waals surface area contributed by atoms with Crippen LogP contribution >= 0.6 is 23.5 Å². The number of nitrogens with two attached hydrogens (primary N) is 1. The molecule has 3 atom stereocenters. The SMILES string of the molecule is CC1SCC(c2ncc(C(=O)O)c(N)n2)SC1C. The number of carboxylic acids is 1. The van der Waals surface area contributed by atoms with Crippen molar-refractivity contribution in [2.24, 2.45) is 0 Å². The van der Waals surface area contributed by atoms with E-state index in [9.17, 15) is 4.79 Å². The van der Waals surface area contributed by atoms with Crippen molar-refractivity contribution in [3.8, 4) is 0 Å². The number of rotatable bonds is 2. The van der Waals surface area contributed by atoms with E-state index in [-0.39, 0.29) is 16.6 Å². The number of carbonyl (C=O) groups is 1. The number of anilines is 1. The summed E-state index contributed by atoms with van der Waals surface area (Å²) in [6.07, 6.45) is 1.30. The van der Waals surface area contributed by atoms with Gasteiger partial charge in [-0.15, -0.1) is 11.8 Å². The van der Waals surface area contributed by atoms with Crippen molar-refractivity contribution < 1.29 is 9.90 Å². The van der Waals surface area contributed by atoms with E-state index in [1.54, 1.807) is 0 Å². The van der Waals surface area contributed by atoms with Crippen LogP contribution in [0.4, 0.5) is 5.82 Å². The lowest BCUT2D eigenvalue weighted by molar-refractivity contribution is 0.0697. The molecule has 2 rings (SSSR count). The highest BCUT2D eigenvalue weighted by atomic mass is 32.2. The molecule has 3 unspecified atom stereocenters. The van der Waals surface area contributed by atoms with Gasteiger partial charge in [-0.3, -0.25) is 0 Å². The zero-order chi connectivity index (χ0) is 13.3. The summed E-state index contributed by atoms with van der Waals surface area (Å²) >= 11 is 3.71. The lowest BCUT2D eigenvalue weighted by Crippen LogP contribution is -2.23. The maximum atomic E-state index is 10.8. The minimum Gasteiger partial charge on any atom is -0.477 e. The van der Waals surface area contributed by atoms with E-state index in [1.165, 1.54) is 6.20 Å². The average molecular weight is 285 g/mol. The van der Waals surface area contributed by atoms with Crippen molar-refractivity contribution in [1.29, 1.82) is 0 Å². The van der Waals surface area contributed by atoms with Gasteiger partial charge in [0.25, 0.3) is 0 Å². The minimum absolute atomic E-state index is 0.0337. The van der Waals surface area contributed by atoms with Gasteiger partial charge >= 0.3 is 5.97 Å². The average Bonchev–Trinajstić information content (AvgIpc) is 2.32. The molecule has 7 heteroatoms. The van der Waals surface area contributed by atoms with Crippen LogP contribution in [-0.2, 0) is 0 Å². The van der Waals surface area contributed by atoms with Gasteiger partial charge < -0.3 is 10.8 Å². The molecule has 0 aromatic carbocycles. The van der Waals surface area contributed by atoms with E-state index in [0.29, 0.717) is 16.3 Å². The van der Waals surface area contributed by atoms with Crippen molar-refractivity contribution in [3.63, 3.8) is 0 Å². The Labute approximate surface area is 114 Å². The number of aromatic carboxylic acids is 1.